The highest BCUT2D eigenvalue weighted by Crippen LogP contribution is 2.24. The number of hydrogen-bond donors (Lipinski definition) is 2. The van der Waals surface area contributed by atoms with E-state index in [1.807, 2.05) is 25.5 Å². The minimum Gasteiger partial charge on any atom is -0.333 e. The van der Waals surface area contributed by atoms with Gasteiger partial charge in [-0.25, -0.2) is 15.0 Å². The largest absolute Gasteiger partial charge is 0.333 e. The summed E-state index contributed by atoms with van der Waals surface area (Å²) in [4.78, 5) is 16.5. The number of imidazole rings is 1. The third-order valence-electron chi connectivity index (χ3n) is 2.87. The van der Waals surface area contributed by atoms with Crippen LogP contribution in [-0.2, 0) is 6.54 Å². The number of hydrogen-bond acceptors (Lipinski definition) is 5. The maximum atomic E-state index is 4.52. The molecule has 20 heavy (non-hydrogen) atoms. The van der Waals surface area contributed by atoms with Gasteiger partial charge in [-0.05, 0) is 43.4 Å². The lowest BCUT2D eigenvalue weighted by atomic mass is 10.2. The Labute approximate surface area is 121 Å². The molecule has 3 aromatic rings. The Bertz CT molecular complexity index is 720. The summed E-state index contributed by atoms with van der Waals surface area (Å²) in [7, 11) is 1.90. The number of fused-ring (bicyclic) bond motifs is 1. The SMILES string of the molecule is CNCc1cnc(Sc2nc3ccc(C)cc3[nH]2)nc1. The molecular weight excluding hydrogens is 270 g/mol. The Kier molecular flexibility index (Phi) is 3.66. The molecule has 0 atom stereocenters. The fourth-order valence-corrected chi connectivity index (χ4v) is 2.61. The number of aromatic amines is 1. The van der Waals surface area contributed by atoms with E-state index in [1.54, 1.807) is 0 Å². The number of aromatic nitrogens is 4. The smallest absolute Gasteiger partial charge is 0.195 e. The van der Waals surface area contributed by atoms with Crippen LogP contribution in [0.4, 0.5) is 0 Å². The van der Waals surface area contributed by atoms with Gasteiger partial charge in [0.1, 0.15) is 0 Å². The number of nitrogens with zero attached hydrogens (tertiary/aromatic N) is 3. The molecule has 3 rings (SSSR count). The second-order valence-electron chi connectivity index (χ2n) is 4.57. The van der Waals surface area contributed by atoms with E-state index in [0.29, 0.717) is 5.16 Å². The van der Waals surface area contributed by atoms with Gasteiger partial charge in [-0.15, -0.1) is 0 Å². The summed E-state index contributed by atoms with van der Waals surface area (Å²) in [6, 6.07) is 6.16. The molecule has 102 valence electrons. The molecule has 0 fully saturated rings. The second-order valence-corrected chi connectivity index (χ2v) is 5.52. The minimum atomic E-state index is 0.695. The molecule has 0 saturated heterocycles. The van der Waals surface area contributed by atoms with Crippen molar-refractivity contribution in [1.29, 1.82) is 0 Å². The fraction of sp³-hybridized carbons (Fsp3) is 0.214. The van der Waals surface area contributed by atoms with Gasteiger partial charge in [0, 0.05) is 24.5 Å². The lowest BCUT2D eigenvalue weighted by Gasteiger charge is -1.99. The number of H-pyrrole nitrogens is 1. The van der Waals surface area contributed by atoms with Crippen molar-refractivity contribution in [2.45, 2.75) is 23.8 Å². The molecule has 0 aliphatic rings. The Hall–Kier alpha value is -1.92. The molecule has 0 aliphatic heterocycles. The van der Waals surface area contributed by atoms with E-state index >= 15 is 0 Å². The molecule has 6 heteroatoms. The second kappa shape index (κ2) is 5.60. The zero-order chi connectivity index (χ0) is 13.9. The summed E-state index contributed by atoms with van der Waals surface area (Å²) in [5.41, 5.74) is 4.28. The standard InChI is InChI=1S/C14H15N5S/c1-9-3-4-11-12(5-9)19-14(18-11)20-13-16-7-10(6-15-2)8-17-13/h3-5,7-8,15H,6H2,1-2H3,(H,18,19). The van der Waals surface area contributed by atoms with Crippen LogP contribution in [0.25, 0.3) is 11.0 Å². The lowest BCUT2D eigenvalue weighted by molar-refractivity contribution is 0.793. The van der Waals surface area contributed by atoms with Crippen LogP contribution in [0.5, 0.6) is 0 Å². The van der Waals surface area contributed by atoms with Crippen molar-refractivity contribution < 1.29 is 0 Å². The van der Waals surface area contributed by atoms with E-state index in [2.05, 4.69) is 44.3 Å². The van der Waals surface area contributed by atoms with Crippen molar-refractivity contribution in [2.75, 3.05) is 7.05 Å². The van der Waals surface area contributed by atoms with E-state index in [0.717, 1.165) is 28.3 Å². The van der Waals surface area contributed by atoms with Crippen LogP contribution < -0.4 is 5.32 Å². The molecular formula is C14H15N5S. The molecule has 0 aliphatic carbocycles. The highest BCUT2D eigenvalue weighted by atomic mass is 32.2. The predicted octanol–water partition coefficient (Wildman–Crippen LogP) is 2.53. The van der Waals surface area contributed by atoms with Gasteiger partial charge in [0.15, 0.2) is 10.3 Å². The normalized spacial score (nSPS) is 11.1. The minimum absolute atomic E-state index is 0.695. The molecule has 0 bridgehead atoms. The fourth-order valence-electron chi connectivity index (χ4n) is 1.93. The molecule has 2 heterocycles. The quantitative estimate of drug-likeness (QED) is 0.721. The van der Waals surface area contributed by atoms with Crippen LogP contribution in [0.15, 0.2) is 40.9 Å². The van der Waals surface area contributed by atoms with E-state index in [9.17, 15) is 0 Å². The topological polar surface area (TPSA) is 66.5 Å². The first-order chi connectivity index (χ1) is 9.74. The van der Waals surface area contributed by atoms with Crippen LogP contribution >= 0.6 is 11.8 Å². The van der Waals surface area contributed by atoms with Crippen LogP contribution in [0.1, 0.15) is 11.1 Å². The van der Waals surface area contributed by atoms with Gasteiger partial charge in [-0.3, -0.25) is 0 Å². The number of aryl methyl sites for hydroxylation is 1. The maximum Gasteiger partial charge on any atom is 0.195 e. The summed E-state index contributed by atoms with van der Waals surface area (Å²) < 4.78 is 0. The third kappa shape index (κ3) is 2.81. The van der Waals surface area contributed by atoms with Crippen molar-refractivity contribution in [2.24, 2.45) is 0 Å². The van der Waals surface area contributed by atoms with Crippen molar-refractivity contribution >= 4 is 22.8 Å². The first-order valence-corrected chi connectivity index (χ1v) is 7.16. The number of nitrogens with one attached hydrogen (secondary N) is 2. The summed E-state index contributed by atoms with van der Waals surface area (Å²) in [5, 5.41) is 4.58. The van der Waals surface area contributed by atoms with Gasteiger partial charge < -0.3 is 10.3 Å². The molecule has 0 amide bonds. The highest BCUT2D eigenvalue weighted by Gasteiger charge is 2.06. The molecule has 0 radical (unpaired) electrons. The average molecular weight is 285 g/mol. The van der Waals surface area contributed by atoms with E-state index in [4.69, 9.17) is 0 Å². The first-order valence-electron chi connectivity index (χ1n) is 6.34. The van der Waals surface area contributed by atoms with Gasteiger partial charge in [0.05, 0.1) is 11.0 Å². The van der Waals surface area contributed by atoms with E-state index in [-0.39, 0.29) is 0 Å². The predicted molar refractivity (Wildman–Crippen MR) is 79.7 cm³/mol. The number of rotatable bonds is 4. The summed E-state index contributed by atoms with van der Waals surface area (Å²) in [5.74, 6) is 0. The van der Waals surface area contributed by atoms with Crippen molar-refractivity contribution in [3.05, 3.63) is 41.7 Å². The van der Waals surface area contributed by atoms with Gasteiger partial charge in [0.2, 0.25) is 0 Å². The van der Waals surface area contributed by atoms with E-state index < -0.39 is 0 Å². The maximum absolute atomic E-state index is 4.52. The Balaban J connectivity index is 1.81. The van der Waals surface area contributed by atoms with Gasteiger partial charge in [-0.1, -0.05) is 6.07 Å². The molecule has 5 nitrogen and oxygen atoms in total. The van der Waals surface area contributed by atoms with Gasteiger partial charge in [0.25, 0.3) is 0 Å². The summed E-state index contributed by atoms with van der Waals surface area (Å²) in [6.45, 7) is 2.84. The van der Waals surface area contributed by atoms with Crippen molar-refractivity contribution in [1.82, 2.24) is 25.3 Å². The first kappa shape index (κ1) is 13.1. The Morgan fingerprint density at radius 1 is 1.25 bits per heavy atom. The molecule has 2 aromatic heterocycles. The van der Waals surface area contributed by atoms with Crippen LogP contribution in [0.3, 0.4) is 0 Å². The molecule has 0 unspecified atom stereocenters. The zero-order valence-electron chi connectivity index (χ0n) is 11.3. The van der Waals surface area contributed by atoms with Crippen molar-refractivity contribution in [3.8, 4) is 0 Å². The summed E-state index contributed by atoms with van der Waals surface area (Å²) >= 11 is 1.44. The van der Waals surface area contributed by atoms with Crippen LogP contribution in [0.2, 0.25) is 0 Å². The van der Waals surface area contributed by atoms with Crippen LogP contribution in [-0.4, -0.2) is 27.0 Å². The molecule has 1 aromatic carbocycles. The van der Waals surface area contributed by atoms with E-state index in [1.165, 1.54) is 17.3 Å². The molecule has 2 N–H and O–H groups in total. The number of benzene rings is 1. The average Bonchev–Trinajstić information content (AvgIpc) is 2.82. The molecule has 0 spiro atoms. The monoisotopic (exact) mass is 285 g/mol. The van der Waals surface area contributed by atoms with Crippen molar-refractivity contribution in [3.63, 3.8) is 0 Å². The molecule has 0 saturated carbocycles. The highest BCUT2D eigenvalue weighted by molar-refractivity contribution is 7.99. The zero-order valence-corrected chi connectivity index (χ0v) is 12.2. The van der Waals surface area contributed by atoms with Gasteiger partial charge in [-0.2, -0.15) is 0 Å². The summed E-state index contributed by atoms with van der Waals surface area (Å²) in [6.07, 6.45) is 3.66. The van der Waals surface area contributed by atoms with Crippen LogP contribution in [0, 0.1) is 6.92 Å². The third-order valence-corrected chi connectivity index (χ3v) is 3.65. The lowest BCUT2D eigenvalue weighted by Crippen LogP contribution is -2.05. The Morgan fingerprint density at radius 2 is 2.05 bits per heavy atom. The Morgan fingerprint density at radius 3 is 2.80 bits per heavy atom. The van der Waals surface area contributed by atoms with Gasteiger partial charge >= 0.3 is 0 Å².